The quantitative estimate of drug-likeness (QED) is 0.146. The molecule has 290 valence electrons. The summed E-state index contributed by atoms with van der Waals surface area (Å²) in [5.74, 6) is 0. The van der Waals surface area contributed by atoms with Gasteiger partial charge in [-0.15, -0.1) is 0 Å². The Morgan fingerprint density at radius 2 is 0.770 bits per heavy atom. The zero-order chi connectivity index (χ0) is 41.0. The first-order valence-corrected chi connectivity index (χ1v) is 20.8. The molecular formula is C58H43N3. The first-order valence-electron chi connectivity index (χ1n) is 20.8. The lowest BCUT2D eigenvalue weighted by Gasteiger charge is -2.34. The molecule has 8 aromatic carbocycles. The Morgan fingerprint density at radius 3 is 1.28 bits per heavy atom. The van der Waals surface area contributed by atoms with Crippen molar-refractivity contribution >= 4 is 11.4 Å². The lowest BCUT2D eigenvalue weighted by molar-refractivity contribution is 0.364. The number of hydrogen-bond acceptors (Lipinski definition) is 3. The van der Waals surface area contributed by atoms with Gasteiger partial charge in [-0.25, -0.2) is 4.98 Å². The Balaban J connectivity index is 1.25. The SMILES string of the molecule is CN1C(c2ccccc2)=CC(c2ccccc2-c2ccccc2)=NC1c1cccc(-c2c(-c3ccccc3)c(-c3ccccc3)nc(-c3ccccc3)c2-c2ccccc2)c1. The van der Waals surface area contributed by atoms with E-state index < -0.39 is 0 Å². The first kappa shape index (κ1) is 37.4. The highest BCUT2D eigenvalue weighted by atomic mass is 15.2. The average Bonchev–Trinajstić information content (AvgIpc) is 3.35. The van der Waals surface area contributed by atoms with Crippen LogP contribution in [0.4, 0.5) is 0 Å². The topological polar surface area (TPSA) is 28.5 Å². The van der Waals surface area contributed by atoms with Crippen molar-refractivity contribution in [2.45, 2.75) is 6.17 Å². The largest absolute Gasteiger partial charge is 0.349 e. The lowest BCUT2D eigenvalue weighted by atomic mass is 9.83. The highest BCUT2D eigenvalue weighted by Gasteiger charge is 2.29. The van der Waals surface area contributed by atoms with Crippen molar-refractivity contribution in [1.29, 1.82) is 0 Å². The average molecular weight is 782 g/mol. The molecule has 3 heteroatoms. The van der Waals surface area contributed by atoms with Crippen LogP contribution in [0.15, 0.2) is 242 Å². The van der Waals surface area contributed by atoms with Crippen LogP contribution in [0.2, 0.25) is 0 Å². The fraction of sp³-hybridized carbons (Fsp3) is 0.0345. The van der Waals surface area contributed by atoms with E-state index in [0.717, 1.165) is 95.1 Å². The van der Waals surface area contributed by atoms with Gasteiger partial charge in [-0.2, -0.15) is 0 Å². The van der Waals surface area contributed by atoms with Crippen molar-refractivity contribution in [1.82, 2.24) is 9.88 Å². The van der Waals surface area contributed by atoms with Gasteiger partial charge in [-0.05, 0) is 51.1 Å². The van der Waals surface area contributed by atoms with Gasteiger partial charge >= 0.3 is 0 Å². The van der Waals surface area contributed by atoms with E-state index in [2.05, 4.69) is 249 Å². The Bertz CT molecular complexity index is 2900. The minimum atomic E-state index is -0.316. The normalized spacial score (nSPS) is 13.7. The number of aromatic nitrogens is 1. The van der Waals surface area contributed by atoms with Crippen LogP contribution in [0, 0.1) is 0 Å². The van der Waals surface area contributed by atoms with E-state index in [4.69, 9.17) is 9.98 Å². The fourth-order valence-corrected chi connectivity index (χ4v) is 8.65. The number of benzene rings is 8. The third-order valence-corrected chi connectivity index (χ3v) is 11.5. The first-order chi connectivity index (χ1) is 30.2. The number of nitrogens with zero attached hydrogens (tertiary/aromatic N) is 3. The number of aliphatic imine (C=N–C) groups is 1. The number of rotatable bonds is 9. The van der Waals surface area contributed by atoms with Crippen LogP contribution in [0.1, 0.15) is 22.9 Å². The van der Waals surface area contributed by atoms with Gasteiger partial charge in [0.1, 0.15) is 6.17 Å². The molecule has 1 aliphatic heterocycles. The zero-order valence-electron chi connectivity index (χ0n) is 33.9. The molecule has 61 heavy (non-hydrogen) atoms. The van der Waals surface area contributed by atoms with Crippen molar-refractivity contribution in [2.24, 2.45) is 4.99 Å². The second kappa shape index (κ2) is 16.8. The molecular weight excluding hydrogens is 739 g/mol. The predicted molar refractivity (Wildman–Crippen MR) is 255 cm³/mol. The van der Waals surface area contributed by atoms with Crippen molar-refractivity contribution < 1.29 is 0 Å². The Hall–Kier alpha value is -7.88. The second-order valence-electron chi connectivity index (χ2n) is 15.3. The number of pyridine rings is 1. The summed E-state index contributed by atoms with van der Waals surface area (Å²) in [6.07, 6.45) is 1.93. The van der Waals surface area contributed by atoms with Gasteiger partial charge in [-0.3, -0.25) is 4.99 Å². The predicted octanol–water partition coefficient (Wildman–Crippen LogP) is 14.6. The second-order valence-corrected chi connectivity index (χ2v) is 15.3. The smallest absolute Gasteiger partial charge is 0.147 e. The molecule has 0 radical (unpaired) electrons. The van der Waals surface area contributed by atoms with Crippen LogP contribution in [0.5, 0.6) is 0 Å². The molecule has 2 heterocycles. The van der Waals surface area contributed by atoms with Crippen molar-refractivity contribution in [2.75, 3.05) is 7.05 Å². The standard InChI is InChI=1S/C58H43N3/c1-61-52(42-25-10-3-11-26-42)40-51(50-38-21-20-37-49(50)41-23-8-2-9-24-41)59-58(61)48-36-22-35-47(39-48)53-54(43-27-12-4-13-28-43)56(45-31-16-6-17-32-45)60-57(46-33-18-7-19-34-46)55(53)44-29-14-5-15-30-44/h2-40,58H,1H3. The van der Waals surface area contributed by atoms with Gasteiger partial charge < -0.3 is 4.90 Å². The summed E-state index contributed by atoms with van der Waals surface area (Å²) in [5, 5.41) is 0. The van der Waals surface area contributed by atoms with Crippen LogP contribution < -0.4 is 0 Å². The van der Waals surface area contributed by atoms with E-state index in [9.17, 15) is 0 Å². The minimum absolute atomic E-state index is 0.316. The van der Waals surface area contributed by atoms with Gasteiger partial charge in [0.2, 0.25) is 0 Å². The molecule has 9 aromatic rings. The molecule has 0 saturated heterocycles. The summed E-state index contributed by atoms with van der Waals surface area (Å²) in [7, 11) is 2.16. The molecule has 0 amide bonds. The third kappa shape index (κ3) is 7.39. The summed E-state index contributed by atoms with van der Waals surface area (Å²) in [6.45, 7) is 0. The Morgan fingerprint density at radius 1 is 0.361 bits per heavy atom. The molecule has 1 aliphatic rings. The van der Waals surface area contributed by atoms with Gasteiger partial charge in [0.25, 0.3) is 0 Å². The summed E-state index contributed by atoms with van der Waals surface area (Å²) >= 11 is 0. The van der Waals surface area contributed by atoms with E-state index >= 15 is 0 Å². The maximum Gasteiger partial charge on any atom is 0.147 e. The molecule has 1 atom stereocenters. The van der Waals surface area contributed by atoms with E-state index in [-0.39, 0.29) is 6.17 Å². The van der Waals surface area contributed by atoms with E-state index in [1.54, 1.807) is 0 Å². The minimum Gasteiger partial charge on any atom is -0.349 e. The molecule has 0 fully saturated rings. The molecule has 0 saturated carbocycles. The Labute approximate surface area is 358 Å². The maximum absolute atomic E-state index is 5.66. The molecule has 0 N–H and O–H groups in total. The molecule has 3 nitrogen and oxygen atoms in total. The Kier molecular flexibility index (Phi) is 10.3. The van der Waals surface area contributed by atoms with Gasteiger partial charge in [0.05, 0.1) is 17.1 Å². The molecule has 1 aromatic heterocycles. The van der Waals surface area contributed by atoms with Crippen molar-refractivity contribution in [3.63, 3.8) is 0 Å². The van der Waals surface area contributed by atoms with Gasteiger partial charge in [-0.1, -0.05) is 224 Å². The van der Waals surface area contributed by atoms with Crippen LogP contribution in [-0.2, 0) is 0 Å². The van der Waals surface area contributed by atoms with Crippen LogP contribution >= 0.6 is 0 Å². The van der Waals surface area contributed by atoms with Crippen LogP contribution in [0.25, 0.3) is 72.7 Å². The highest BCUT2D eigenvalue weighted by Crippen LogP contribution is 2.49. The summed E-state index contributed by atoms with van der Waals surface area (Å²) < 4.78 is 0. The monoisotopic (exact) mass is 781 g/mol. The molecule has 0 aliphatic carbocycles. The van der Waals surface area contributed by atoms with Gasteiger partial charge in [0, 0.05) is 46.1 Å². The molecule has 1 unspecified atom stereocenters. The van der Waals surface area contributed by atoms with Crippen LogP contribution in [0.3, 0.4) is 0 Å². The lowest BCUT2D eigenvalue weighted by Crippen LogP contribution is -2.27. The summed E-state index contributed by atoms with van der Waals surface area (Å²) in [6, 6.07) is 81.6. The van der Waals surface area contributed by atoms with Gasteiger partial charge in [0.15, 0.2) is 0 Å². The molecule has 10 rings (SSSR count). The summed E-state index contributed by atoms with van der Waals surface area (Å²) in [5.41, 5.74) is 18.3. The molecule has 0 spiro atoms. The third-order valence-electron chi connectivity index (χ3n) is 11.5. The van der Waals surface area contributed by atoms with Crippen molar-refractivity contribution in [3.8, 4) is 67.0 Å². The highest BCUT2D eigenvalue weighted by molar-refractivity contribution is 6.16. The number of hydrogen-bond donors (Lipinski definition) is 0. The summed E-state index contributed by atoms with van der Waals surface area (Å²) in [4.78, 5) is 13.6. The maximum atomic E-state index is 5.66. The van der Waals surface area contributed by atoms with E-state index in [0.29, 0.717) is 0 Å². The van der Waals surface area contributed by atoms with Crippen molar-refractivity contribution in [3.05, 3.63) is 253 Å². The molecule has 0 bridgehead atoms. The van der Waals surface area contributed by atoms with E-state index in [1.165, 1.54) is 0 Å². The number of allylic oxidation sites excluding steroid dienone is 1. The zero-order valence-corrected chi connectivity index (χ0v) is 33.9. The van der Waals surface area contributed by atoms with Crippen LogP contribution in [-0.4, -0.2) is 22.6 Å². The van der Waals surface area contributed by atoms with E-state index in [1.807, 2.05) is 0 Å². The fourth-order valence-electron chi connectivity index (χ4n) is 8.65.